The summed E-state index contributed by atoms with van der Waals surface area (Å²) in [6.45, 7) is 3.74. The summed E-state index contributed by atoms with van der Waals surface area (Å²) in [6.07, 6.45) is 0.147. The van der Waals surface area contributed by atoms with Crippen LogP contribution >= 0.6 is 22.7 Å². The van der Waals surface area contributed by atoms with Gasteiger partial charge in [-0.1, -0.05) is 41.2 Å². The van der Waals surface area contributed by atoms with Gasteiger partial charge in [-0.25, -0.2) is 14.8 Å². The quantitative estimate of drug-likeness (QED) is 0.673. The van der Waals surface area contributed by atoms with Gasteiger partial charge in [0.25, 0.3) is 0 Å². The molecule has 0 aliphatic rings. The second-order valence-corrected chi connectivity index (χ2v) is 7.52. The average molecular weight is 387 g/mol. The van der Waals surface area contributed by atoms with E-state index in [1.165, 1.54) is 24.0 Å². The van der Waals surface area contributed by atoms with Crippen molar-refractivity contribution in [3.63, 3.8) is 0 Å². The van der Waals surface area contributed by atoms with Crippen LogP contribution in [0.15, 0.2) is 29.6 Å². The maximum atomic E-state index is 12.2. The predicted molar refractivity (Wildman–Crippen MR) is 103 cm³/mol. The number of aromatic nitrogens is 2. The van der Waals surface area contributed by atoms with Gasteiger partial charge in [-0.2, -0.15) is 0 Å². The van der Waals surface area contributed by atoms with Crippen LogP contribution < -0.4 is 5.32 Å². The summed E-state index contributed by atoms with van der Waals surface area (Å²) in [5.74, 6) is -0.682. The van der Waals surface area contributed by atoms with Crippen molar-refractivity contribution in [2.45, 2.75) is 20.3 Å². The first-order valence-corrected chi connectivity index (χ1v) is 9.53. The van der Waals surface area contributed by atoms with Crippen molar-refractivity contribution in [2.75, 3.05) is 12.4 Å². The number of thiazole rings is 2. The number of carbonyl (C=O) groups excluding carboxylic acids is 2. The molecule has 0 radical (unpaired) electrons. The number of nitrogens with one attached hydrogen (secondary N) is 1. The smallest absolute Gasteiger partial charge is 0.350 e. The van der Waals surface area contributed by atoms with Gasteiger partial charge in [0.05, 0.1) is 24.9 Å². The molecule has 0 aliphatic carbocycles. The highest BCUT2D eigenvalue weighted by Gasteiger charge is 2.17. The minimum absolute atomic E-state index is 0.147. The minimum Gasteiger partial charge on any atom is -0.465 e. The Hall–Kier alpha value is -2.58. The molecular formula is C18H17N3O3S2. The van der Waals surface area contributed by atoms with E-state index in [9.17, 15) is 9.59 Å². The molecule has 0 atom stereocenters. The van der Waals surface area contributed by atoms with Gasteiger partial charge in [-0.15, -0.1) is 11.3 Å². The van der Waals surface area contributed by atoms with Crippen molar-refractivity contribution in [1.29, 1.82) is 0 Å². The Labute approximate surface area is 158 Å². The Morgan fingerprint density at radius 1 is 1.15 bits per heavy atom. The SMILES string of the molecule is COC(=O)c1sc(NC(=O)Cc2csc(-c3ccc(C)cc3)n2)nc1C. The van der Waals surface area contributed by atoms with Crippen LogP contribution in [-0.4, -0.2) is 29.0 Å². The molecule has 134 valence electrons. The van der Waals surface area contributed by atoms with Gasteiger partial charge in [0.2, 0.25) is 5.91 Å². The monoisotopic (exact) mass is 387 g/mol. The Morgan fingerprint density at radius 3 is 2.58 bits per heavy atom. The molecule has 0 saturated carbocycles. The van der Waals surface area contributed by atoms with Crippen molar-refractivity contribution in [3.8, 4) is 10.6 Å². The second kappa shape index (κ2) is 7.76. The van der Waals surface area contributed by atoms with Crippen LogP contribution in [0.3, 0.4) is 0 Å². The summed E-state index contributed by atoms with van der Waals surface area (Å²) in [7, 11) is 1.31. The first-order chi connectivity index (χ1) is 12.5. The van der Waals surface area contributed by atoms with Crippen molar-refractivity contribution >= 4 is 39.7 Å². The predicted octanol–water partition coefficient (Wildman–Crippen LogP) is 3.85. The van der Waals surface area contributed by atoms with Gasteiger partial charge in [0, 0.05) is 10.9 Å². The van der Waals surface area contributed by atoms with Gasteiger partial charge in [0.1, 0.15) is 9.88 Å². The molecule has 0 fully saturated rings. The number of hydrogen-bond acceptors (Lipinski definition) is 7. The van der Waals surface area contributed by atoms with Crippen LogP contribution in [0.5, 0.6) is 0 Å². The summed E-state index contributed by atoms with van der Waals surface area (Å²) < 4.78 is 4.69. The second-order valence-electron chi connectivity index (χ2n) is 5.66. The molecule has 26 heavy (non-hydrogen) atoms. The van der Waals surface area contributed by atoms with Gasteiger partial charge in [0.15, 0.2) is 5.13 Å². The van der Waals surface area contributed by atoms with Gasteiger partial charge in [-0.05, 0) is 13.8 Å². The van der Waals surface area contributed by atoms with E-state index < -0.39 is 5.97 Å². The molecule has 3 rings (SSSR count). The average Bonchev–Trinajstić information content (AvgIpc) is 3.21. The molecule has 1 N–H and O–H groups in total. The zero-order valence-electron chi connectivity index (χ0n) is 14.5. The zero-order chi connectivity index (χ0) is 18.7. The van der Waals surface area contributed by atoms with E-state index >= 15 is 0 Å². The number of nitrogens with zero attached hydrogens (tertiary/aromatic N) is 2. The number of anilines is 1. The molecule has 0 aliphatic heterocycles. The van der Waals surface area contributed by atoms with Crippen LogP contribution in [0.1, 0.15) is 26.6 Å². The van der Waals surface area contributed by atoms with Crippen LogP contribution in [0.25, 0.3) is 10.6 Å². The Bertz CT molecular complexity index is 945. The molecule has 2 aromatic heterocycles. The molecule has 0 spiro atoms. The summed E-state index contributed by atoms with van der Waals surface area (Å²) in [6, 6.07) is 8.11. The van der Waals surface area contributed by atoms with E-state index in [2.05, 4.69) is 15.3 Å². The van der Waals surface area contributed by atoms with Crippen LogP contribution in [0.2, 0.25) is 0 Å². The fraction of sp³-hybridized carbons (Fsp3) is 0.222. The van der Waals surface area contributed by atoms with Crippen LogP contribution in [0.4, 0.5) is 5.13 Å². The number of amides is 1. The number of rotatable bonds is 5. The lowest BCUT2D eigenvalue weighted by molar-refractivity contribution is -0.115. The maximum Gasteiger partial charge on any atom is 0.350 e. The lowest BCUT2D eigenvalue weighted by Crippen LogP contribution is -2.14. The van der Waals surface area contributed by atoms with Crippen molar-refractivity contribution in [2.24, 2.45) is 0 Å². The molecule has 2 heterocycles. The Morgan fingerprint density at radius 2 is 1.88 bits per heavy atom. The van der Waals surface area contributed by atoms with E-state index in [-0.39, 0.29) is 12.3 Å². The van der Waals surface area contributed by atoms with Gasteiger partial charge in [-0.3, -0.25) is 4.79 Å². The van der Waals surface area contributed by atoms with Gasteiger partial charge >= 0.3 is 5.97 Å². The zero-order valence-corrected chi connectivity index (χ0v) is 16.2. The van der Waals surface area contributed by atoms with E-state index in [4.69, 9.17) is 4.74 Å². The number of hydrogen-bond donors (Lipinski definition) is 1. The summed E-state index contributed by atoms with van der Waals surface area (Å²) in [4.78, 5) is 32.9. The third-order valence-corrected chi connectivity index (χ3v) is 5.60. The number of esters is 1. The lowest BCUT2D eigenvalue weighted by atomic mass is 10.2. The number of benzene rings is 1. The number of carbonyl (C=O) groups is 2. The van der Waals surface area contributed by atoms with E-state index in [0.717, 1.165) is 21.9 Å². The van der Waals surface area contributed by atoms with Crippen LogP contribution in [-0.2, 0) is 16.0 Å². The molecule has 0 unspecified atom stereocenters. The molecule has 8 heteroatoms. The standard InChI is InChI=1S/C18H17N3O3S2/c1-10-4-6-12(7-5-10)16-20-13(9-25-16)8-14(22)21-18-19-11(2)15(26-18)17(23)24-3/h4-7,9H,8H2,1-3H3,(H,19,21,22). The largest absolute Gasteiger partial charge is 0.465 e. The fourth-order valence-corrected chi connectivity index (χ4v) is 4.00. The van der Waals surface area contributed by atoms with Crippen molar-refractivity contribution < 1.29 is 14.3 Å². The fourth-order valence-electron chi connectivity index (χ4n) is 2.28. The van der Waals surface area contributed by atoms with Crippen molar-refractivity contribution in [1.82, 2.24) is 9.97 Å². The third kappa shape index (κ3) is 4.14. The molecule has 3 aromatic rings. The molecule has 0 saturated heterocycles. The summed E-state index contributed by atoms with van der Waals surface area (Å²) in [5.41, 5.74) is 3.46. The first-order valence-electron chi connectivity index (χ1n) is 7.83. The molecular weight excluding hydrogens is 370 g/mol. The highest BCUT2D eigenvalue weighted by atomic mass is 32.1. The first kappa shape index (κ1) is 18.2. The molecule has 6 nitrogen and oxygen atoms in total. The number of methoxy groups -OCH3 is 1. The number of aryl methyl sites for hydroxylation is 2. The molecule has 1 aromatic carbocycles. The Kier molecular flexibility index (Phi) is 5.43. The normalized spacial score (nSPS) is 10.6. The highest BCUT2D eigenvalue weighted by Crippen LogP contribution is 2.25. The Balaban J connectivity index is 1.65. The maximum absolute atomic E-state index is 12.2. The van der Waals surface area contributed by atoms with Crippen LogP contribution in [0, 0.1) is 13.8 Å². The molecule has 1 amide bonds. The van der Waals surface area contributed by atoms with Crippen molar-refractivity contribution in [3.05, 3.63) is 51.5 Å². The summed E-state index contributed by atoms with van der Waals surface area (Å²) >= 11 is 2.60. The van der Waals surface area contributed by atoms with E-state index in [0.29, 0.717) is 21.4 Å². The summed E-state index contributed by atoms with van der Waals surface area (Å²) in [5, 5.41) is 5.85. The minimum atomic E-state index is -0.456. The van der Waals surface area contributed by atoms with E-state index in [1.54, 1.807) is 6.92 Å². The topological polar surface area (TPSA) is 81.2 Å². The highest BCUT2D eigenvalue weighted by molar-refractivity contribution is 7.17. The number of ether oxygens (including phenoxy) is 1. The third-order valence-electron chi connectivity index (χ3n) is 3.61. The van der Waals surface area contributed by atoms with Gasteiger partial charge < -0.3 is 10.1 Å². The van der Waals surface area contributed by atoms with E-state index in [1.807, 2.05) is 36.6 Å². The molecule has 0 bridgehead atoms. The lowest BCUT2D eigenvalue weighted by Gasteiger charge is -1.99.